The zero-order valence-corrected chi connectivity index (χ0v) is 15.4. The molecule has 7 heteroatoms. The Labute approximate surface area is 156 Å². The van der Waals surface area contributed by atoms with Crippen molar-refractivity contribution in [2.75, 3.05) is 12.4 Å². The first-order chi connectivity index (χ1) is 13.0. The minimum Gasteiger partial charge on any atom is -0.493 e. The van der Waals surface area contributed by atoms with Gasteiger partial charge in [-0.15, -0.1) is 0 Å². The van der Waals surface area contributed by atoms with E-state index in [9.17, 15) is 13.6 Å². The molecular formula is C20H22F2N2O3. The predicted octanol–water partition coefficient (Wildman–Crippen LogP) is 4.66. The number of anilines is 1. The van der Waals surface area contributed by atoms with Crippen LogP contribution in [0, 0.1) is 0 Å². The second-order valence-corrected chi connectivity index (χ2v) is 6.35. The molecule has 1 aliphatic rings. The molecule has 2 aromatic rings. The summed E-state index contributed by atoms with van der Waals surface area (Å²) in [5, 5.41) is 3.38. The van der Waals surface area contributed by atoms with Crippen LogP contribution in [0.3, 0.4) is 0 Å². The maximum atomic E-state index is 13.1. The molecular weight excluding hydrogens is 354 g/mol. The van der Waals surface area contributed by atoms with Crippen molar-refractivity contribution in [3.63, 3.8) is 0 Å². The molecule has 2 atom stereocenters. The number of halogens is 2. The summed E-state index contributed by atoms with van der Waals surface area (Å²) in [5.41, 5.74) is 2.06. The molecule has 1 N–H and O–H groups in total. The summed E-state index contributed by atoms with van der Waals surface area (Å²) in [5.74, 6) is 0.0643. The van der Waals surface area contributed by atoms with Crippen molar-refractivity contribution >= 4 is 11.6 Å². The highest BCUT2D eigenvalue weighted by Crippen LogP contribution is 2.38. The van der Waals surface area contributed by atoms with Gasteiger partial charge in [-0.1, -0.05) is 25.1 Å². The molecule has 0 fully saturated rings. The smallest absolute Gasteiger partial charge is 0.387 e. The Morgan fingerprint density at radius 1 is 1.19 bits per heavy atom. The third kappa shape index (κ3) is 3.67. The van der Waals surface area contributed by atoms with Crippen molar-refractivity contribution in [2.45, 2.75) is 39.1 Å². The van der Waals surface area contributed by atoms with E-state index >= 15 is 0 Å². The lowest BCUT2D eigenvalue weighted by atomic mass is 10.0. The summed E-state index contributed by atoms with van der Waals surface area (Å²) in [6.07, 6.45) is 0.326. The molecule has 1 amide bonds. The lowest BCUT2D eigenvalue weighted by Gasteiger charge is -2.41. The zero-order valence-electron chi connectivity index (χ0n) is 15.4. The number of rotatable bonds is 6. The van der Waals surface area contributed by atoms with Crippen LogP contribution in [-0.4, -0.2) is 30.6 Å². The van der Waals surface area contributed by atoms with E-state index in [1.165, 1.54) is 13.2 Å². The van der Waals surface area contributed by atoms with E-state index in [0.717, 1.165) is 17.7 Å². The van der Waals surface area contributed by atoms with Crippen molar-refractivity contribution < 1.29 is 23.0 Å². The molecule has 3 rings (SSSR count). The quantitative estimate of drug-likeness (QED) is 0.797. The Morgan fingerprint density at radius 2 is 1.93 bits per heavy atom. The molecule has 27 heavy (non-hydrogen) atoms. The molecule has 144 valence electrons. The van der Waals surface area contributed by atoms with Crippen LogP contribution in [0.1, 0.15) is 42.4 Å². The SMILES string of the molecule is CC[C@@H](C)N1C(=O)c2ccccc2N[C@@H]1c1ccc(OC(F)F)c(OC)c1. The summed E-state index contributed by atoms with van der Waals surface area (Å²) >= 11 is 0. The molecule has 0 spiro atoms. The van der Waals surface area contributed by atoms with Gasteiger partial charge in [-0.25, -0.2) is 0 Å². The minimum atomic E-state index is -2.94. The molecule has 0 saturated heterocycles. The largest absolute Gasteiger partial charge is 0.493 e. The van der Waals surface area contributed by atoms with E-state index in [1.807, 2.05) is 32.0 Å². The summed E-state index contributed by atoms with van der Waals surface area (Å²) in [6.45, 7) is 1.05. The number of benzene rings is 2. The molecule has 2 aromatic carbocycles. The highest BCUT2D eigenvalue weighted by Gasteiger charge is 2.35. The van der Waals surface area contributed by atoms with Crippen LogP contribution in [0.25, 0.3) is 0 Å². The second kappa shape index (κ2) is 7.82. The maximum Gasteiger partial charge on any atom is 0.387 e. The highest BCUT2D eigenvalue weighted by atomic mass is 19.3. The third-order valence-corrected chi connectivity index (χ3v) is 4.75. The monoisotopic (exact) mass is 376 g/mol. The first-order valence-corrected chi connectivity index (χ1v) is 8.77. The number of ether oxygens (including phenoxy) is 2. The number of carbonyl (C=O) groups is 1. The number of nitrogens with zero attached hydrogens (tertiary/aromatic N) is 1. The van der Waals surface area contributed by atoms with Crippen molar-refractivity contribution in [1.29, 1.82) is 0 Å². The Hall–Kier alpha value is -2.83. The van der Waals surface area contributed by atoms with Crippen molar-refractivity contribution in [3.05, 3.63) is 53.6 Å². The van der Waals surface area contributed by atoms with Crippen LogP contribution in [0.15, 0.2) is 42.5 Å². The minimum absolute atomic E-state index is 0.0219. The van der Waals surface area contributed by atoms with Crippen molar-refractivity contribution in [3.8, 4) is 11.5 Å². The number of para-hydroxylation sites is 1. The summed E-state index contributed by atoms with van der Waals surface area (Å²) in [6, 6.07) is 12.0. The van der Waals surface area contributed by atoms with Gasteiger partial charge in [0.15, 0.2) is 11.5 Å². The van der Waals surface area contributed by atoms with Gasteiger partial charge in [0.1, 0.15) is 6.17 Å². The van der Waals surface area contributed by atoms with Crippen LogP contribution >= 0.6 is 0 Å². The van der Waals surface area contributed by atoms with Crippen LogP contribution in [0.4, 0.5) is 14.5 Å². The molecule has 1 heterocycles. The third-order valence-electron chi connectivity index (χ3n) is 4.75. The number of nitrogens with one attached hydrogen (secondary N) is 1. The van der Waals surface area contributed by atoms with E-state index in [4.69, 9.17) is 4.74 Å². The van der Waals surface area contributed by atoms with Gasteiger partial charge in [0.05, 0.1) is 12.7 Å². The average Bonchev–Trinajstić information content (AvgIpc) is 2.67. The average molecular weight is 376 g/mol. The topological polar surface area (TPSA) is 50.8 Å². The Bertz CT molecular complexity index is 829. The van der Waals surface area contributed by atoms with Crippen molar-refractivity contribution in [2.24, 2.45) is 0 Å². The highest BCUT2D eigenvalue weighted by molar-refractivity contribution is 6.01. The predicted molar refractivity (Wildman–Crippen MR) is 98.4 cm³/mol. The van der Waals surface area contributed by atoms with Gasteiger partial charge in [-0.3, -0.25) is 4.79 Å². The fourth-order valence-electron chi connectivity index (χ4n) is 3.21. The van der Waals surface area contributed by atoms with Crippen LogP contribution in [-0.2, 0) is 0 Å². The summed E-state index contributed by atoms with van der Waals surface area (Å²) in [4.78, 5) is 14.9. The van der Waals surface area contributed by atoms with Crippen LogP contribution in [0.5, 0.6) is 11.5 Å². The van der Waals surface area contributed by atoms with Crippen molar-refractivity contribution in [1.82, 2.24) is 4.90 Å². The molecule has 0 unspecified atom stereocenters. The number of hydrogen-bond donors (Lipinski definition) is 1. The molecule has 0 aromatic heterocycles. The summed E-state index contributed by atoms with van der Waals surface area (Å²) < 4.78 is 34.9. The number of amides is 1. The van der Waals surface area contributed by atoms with E-state index < -0.39 is 12.8 Å². The first kappa shape index (κ1) is 18.9. The molecule has 0 bridgehead atoms. The number of fused-ring (bicyclic) bond motifs is 1. The number of methoxy groups -OCH3 is 1. The molecule has 0 aliphatic carbocycles. The Balaban J connectivity index is 2.04. The van der Waals surface area contributed by atoms with Gasteiger partial charge in [-0.2, -0.15) is 8.78 Å². The lowest BCUT2D eigenvalue weighted by Crippen LogP contribution is -2.47. The number of hydrogen-bond acceptors (Lipinski definition) is 4. The van der Waals surface area contributed by atoms with Crippen LogP contribution in [0.2, 0.25) is 0 Å². The first-order valence-electron chi connectivity index (χ1n) is 8.77. The molecule has 1 aliphatic heterocycles. The fourth-order valence-corrected chi connectivity index (χ4v) is 3.21. The standard InChI is InChI=1S/C20H22F2N2O3/c1-4-12(2)24-18(23-15-8-6-5-7-14(15)19(24)25)13-9-10-16(27-20(21)22)17(11-13)26-3/h5-12,18,20,23H,4H2,1-3H3/t12-,18+/m1/s1. The van der Waals surface area contributed by atoms with Gasteiger partial charge < -0.3 is 19.7 Å². The van der Waals surface area contributed by atoms with Gasteiger partial charge in [0, 0.05) is 11.7 Å². The number of alkyl halides is 2. The molecule has 5 nitrogen and oxygen atoms in total. The van der Waals surface area contributed by atoms with E-state index in [-0.39, 0.29) is 23.4 Å². The van der Waals surface area contributed by atoms with Crippen LogP contribution < -0.4 is 14.8 Å². The summed E-state index contributed by atoms with van der Waals surface area (Å²) in [7, 11) is 1.39. The normalized spacial score (nSPS) is 17.3. The lowest BCUT2D eigenvalue weighted by molar-refractivity contribution is -0.0512. The van der Waals surface area contributed by atoms with Gasteiger partial charge in [-0.05, 0) is 43.2 Å². The van der Waals surface area contributed by atoms with Gasteiger partial charge in [0.2, 0.25) is 0 Å². The Kier molecular flexibility index (Phi) is 5.48. The van der Waals surface area contributed by atoms with E-state index in [1.54, 1.807) is 23.1 Å². The fraction of sp³-hybridized carbons (Fsp3) is 0.350. The molecule has 0 radical (unpaired) electrons. The maximum absolute atomic E-state index is 13.1. The van der Waals surface area contributed by atoms with Gasteiger partial charge >= 0.3 is 6.61 Å². The van der Waals surface area contributed by atoms with E-state index in [0.29, 0.717) is 5.56 Å². The van der Waals surface area contributed by atoms with Gasteiger partial charge in [0.25, 0.3) is 5.91 Å². The van der Waals surface area contributed by atoms with E-state index in [2.05, 4.69) is 10.1 Å². The zero-order chi connectivity index (χ0) is 19.6. The molecule has 0 saturated carbocycles. The number of carbonyl (C=O) groups excluding carboxylic acids is 1. The second-order valence-electron chi connectivity index (χ2n) is 6.35. The Morgan fingerprint density at radius 3 is 2.59 bits per heavy atom.